The molecule has 4 nitrogen and oxygen atoms in total. The maximum absolute atomic E-state index is 4.59. The number of anilines is 3. The van der Waals surface area contributed by atoms with E-state index >= 15 is 0 Å². The van der Waals surface area contributed by atoms with E-state index < -0.39 is 0 Å². The van der Waals surface area contributed by atoms with Crippen molar-refractivity contribution in [2.24, 2.45) is 0 Å². The van der Waals surface area contributed by atoms with Crippen molar-refractivity contribution in [2.75, 3.05) is 4.90 Å². The fourth-order valence-corrected chi connectivity index (χ4v) is 5.09. The molecule has 4 aromatic carbocycles. The Morgan fingerprint density at radius 1 is 0.500 bits per heavy atom. The third-order valence-electron chi connectivity index (χ3n) is 6.71. The summed E-state index contributed by atoms with van der Waals surface area (Å²) < 4.78 is 1.91. The summed E-state index contributed by atoms with van der Waals surface area (Å²) in [7, 11) is 0. The summed E-state index contributed by atoms with van der Waals surface area (Å²) in [6.45, 7) is 0. The van der Waals surface area contributed by atoms with E-state index in [1.54, 1.807) is 0 Å². The number of hydrogen-bond acceptors (Lipinski definition) is 3. The van der Waals surface area contributed by atoms with Crippen LogP contribution in [0.4, 0.5) is 17.1 Å². The first-order valence-corrected chi connectivity index (χ1v) is 12.0. The van der Waals surface area contributed by atoms with Crippen LogP contribution in [0.3, 0.4) is 0 Å². The van der Waals surface area contributed by atoms with E-state index in [4.69, 9.17) is 0 Å². The minimum absolute atomic E-state index is 0.955. The molecule has 0 saturated carbocycles. The van der Waals surface area contributed by atoms with Crippen molar-refractivity contribution < 1.29 is 0 Å². The van der Waals surface area contributed by atoms with Crippen molar-refractivity contribution in [2.45, 2.75) is 0 Å². The summed E-state index contributed by atoms with van der Waals surface area (Å²) in [5.41, 5.74) is 11.2. The van der Waals surface area contributed by atoms with Gasteiger partial charge in [0.25, 0.3) is 0 Å². The average Bonchev–Trinajstić information content (AvgIpc) is 3.46. The molecule has 0 amide bonds. The highest BCUT2D eigenvalue weighted by atomic mass is 15.3. The molecule has 0 bridgehead atoms. The zero-order valence-electron chi connectivity index (χ0n) is 19.5. The fourth-order valence-electron chi connectivity index (χ4n) is 5.09. The van der Waals surface area contributed by atoms with Crippen LogP contribution in [0.15, 0.2) is 134 Å². The van der Waals surface area contributed by atoms with Crippen LogP contribution in [-0.2, 0) is 0 Å². The van der Waals surface area contributed by atoms with Crippen LogP contribution in [0.2, 0.25) is 0 Å². The Morgan fingerprint density at radius 3 is 2.06 bits per heavy atom. The van der Waals surface area contributed by atoms with Gasteiger partial charge in [0.05, 0.1) is 22.8 Å². The number of benzene rings is 4. The minimum atomic E-state index is 0.955. The predicted octanol–water partition coefficient (Wildman–Crippen LogP) is 8.05. The summed E-state index contributed by atoms with van der Waals surface area (Å²) >= 11 is 0. The van der Waals surface area contributed by atoms with Crippen molar-refractivity contribution in [3.8, 4) is 39.2 Å². The number of para-hydroxylation sites is 1. The first-order chi connectivity index (χ1) is 17.9. The van der Waals surface area contributed by atoms with Gasteiger partial charge in [-0.05, 0) is 59.7 Å². The Balaban J connectivity index is 1.53. The molecule has 170 valence electrons. The molecule has 0 unspecified atom stereocenters. The van der Waals surface area contributed by atoms with E-state index in [0.29, 0.717) is 0 Å². The lowest BCUT2D eigenvalue weighted by molar-refractivity contribution is 0.880. The van der Waals surface area contributed by atoms with Crippen molar-refractivity contribution >= 4 is 17.1 Å². The van der Waals surface area contributed by atoms with Gasteiger partial charge in [0.15, 0.2) is 0 Å². The maximum atomic E-state index is 4.59. The van der Waals surface area contributed by atoms with E-state index in [0.717, 1.165) is 34.0 Å². The van der Waals surface area contributed by atoms with Gasteiger partial charge in [0.1, 0.15) is 0 Å². The third-order valence-corrected chi connectivity index (χ3v) is 6.71. The third kappa shape index (κ3) is 3.31. The number of fused-ring (bicyclic) bond motifs is 5. The molecule has 0 aliphatic carbocycles. The summed E-state index contributed by atoms with van der Waals surface area (Å²) in [6.07, 6.45) is 5.63. The predicted molar refractivity (Wildman–Crippen MR) is 146 cm³/mol. The molecule has 36 heavy (non-hydrogen) atoms. The first-order valence-electron chi connectivity index (χ1n) is 12.0. The molecule has 0 radical (unpaired) electrons. The van der Waals surface area contributed by atoms with E-state index in [-0.39, 0.29) is 0 Å². The Hall–Kier alpha value is -4.96. The lowest BCUT2D eigenvalue weighted by Gasteiger charge is -2.28. The minimum Gasteiger partial charge on any atom is -0.309 e. The molecule has 3 heterocycles. The second-order valence-corrected chi connectivity index (χ2v) is 8.82. The first kappa shape index (κ1) is 20.4. The fraction of sp³-hybridized carbons (Fsp3) is 0. The highest BCUT2D eigenvalue weighted by molar-refractivity contribution is 6.02. The molecule has 0 fully saturated rings. The SMILES string of the molecule is c1ccc(-c2cccc(N3c4ccccc4-c4ccccc4-c4ccc(-n5cccn5)cc43)c2)nc1. The standard InChI is InChI=1S/C32H22N4/c1-2-12-27-26(11-1)28-13-3-4-15-31(28)36(25-10-7-9-23(21-25)30-14-5-6-18-33-30)32-22-24(16-17-29(27)32)35-20-8-19-34-35/h1-22H. The quantitative estimate of drug-likeness (QED) is 0.266. The smallest absolute Gasteiger partial charge is 0.0702 e. The average molecular weight is 463 g/mol. The Labute approximate surface area is 209 Å². The van der Waals surface area contributed by atoms with Gasteiger partial charge in [0, 0.05) is 41.0 Å². The van der Waals surface area contributed by atoms with Crippen LogP contribution >= 0.6 is 0 Å². The van der Waals surface area contributed by atoms with Crippen LogP contribution in [0.5, 0.6) is 0 Å². The van der Waals surface area contributed by atoms with Crippen molar-refractivity contribution in [1.29, 1.82) is 0 Å². The van der Waals surface area contributed by atoms with Crippen molar-refractivity contribution in [1.82, 2.24) is 14.8 Å². The molecule has 2 aromatic heterocycles. The van der Waals surface area contributed by atoms with Crippen molar-refractivity contribution in [3.63, 3.8) is 0 Å². The monoisotopic (exact) mass is 462 g/mol. The maximum Gasteiger partial charge on any atom is 0.0702 e. The van der Waals surface area contributed by atoms with Crippen molar-refractivity contribution in [3.05, 3.63) is 134 Å². The molecule has 6 aromatic rings. The molecular formula is C32H22N4. The van der Waals surface area contributed by atoms with Gasteiger partial charge in [-0.15, -0.1) is 0 Å². The van der Waals surface area contributed by atoms with Gasteiger partial charge in [0.2, 0.25) is 0 Å². The van der Waals surface area contributed by atoms with Gasteiger partial charge < -0.3 is 4.90 Å². The van der Waals surface area contributed by atoms with Gasteiger partial charge in [-0.3, -0.25) is 4.98 Å². The Bertz CT molecular complexity index is 1690. The van der Waals surface area contributed by atoms with Crippen LogP contribution < -0.4 is 4.90 Å². The summed E-state index contributed by atoms with van der Waals surface area (Å²) in [5, 5.41) is 4.49. The summed E-state index contributed by atoms with van der Waals surface area (Å²) in [6, 6.07) is 40.5. The second kappa shape index (κ2) is 8.36. The molecule has 1 aliphatic rings. The van der Waals surface area contributed by atoms with E-state index in [1.165, 1.54) is 22.3 Å². The Kier molecular flexibility index (Phi) is 4.74. The van der Waals surface area contributed by atoms with Crippen LogP contribution in [0, 0.1) is 0 Å². The molecule has 0 atom stereocenters. The number of aromatic nitrogens is 3. The largest absolute Gasteiger partial charge is 0.309 e. The highest BCUT2D eigenvalue weighted by Crippen LogP contribution is 2.51. The van der Waals surface area contributed by atoms with E-state index in [2.05, 4.69) is 112 Å². The lowest BCUT2D eigenvalue weighted by atomic mass is 9.94. The highest BCUT2D eigenvalue weighted by Gasteiger charge is 2.26. The number of rotatable bonds is 3. The van der Waals surface area contributed by atoms with Gasteiger partial charge in [-0.2, -0.15) is 5.10 Å². The number of hydrogen-bond donors (Lipinski definition) is 0. The summed E-state index contributed by atoms with van der Waals surface area (Å²) in [5.74, 6) is 0. The molecule has 0 spiro atoms. The van der Waals surface area contributed by atoms with Crippen LogP contribution in [-0.4, -0.2) is 14.8 Å². The van der Waals surface area contributed by atoms with Crippen LogP contribution in [0.25, 0.3) is 39.2 Å². The number of nitrogens with zero attached hydrogens (tertiary/aromatic N) is 4. The van der Waals surface area contributed by atoms with Gasteiger partial charge in [-0.25, -0.2) is 4.68 Å². The second-order valence-electron chi connectivity index (χ2n) is 8.82. The number of pyridine rings is 1. The molecule has 0 N–H and O–H groups in total. The van der Waals surface area contributed by atoms with E-state index in [1.807, 2.05) is 41.5 Å². The molecule has 4 heteroatoms. The molecule has 7 rings (SSSR count). The molecular weight excluding hydrogens is 440 g/mol. The zero-order valence-corrected chi connectivity index (χ0v) is 19.5. The molecule has 1 aliphatic heterocycles. The van der Waals surface area contributed by atoms with Gasteiger partial charge in [-0.1, -0.05) is 66.7 Å². The topological polar surface area (TPSA) is 34.0 Å². The van der Waals surface area contributed by atoms with Crippen LogP contribution in [0.1, 0.15) is 0 Å². The lowest BCUT2D eigenvalue weighted by Crippen LogP contribution is -2.11. The molecule has 0 saturated heterocycles. The summed E-state index contributed by atoms with van der Waals surface area (Å²) in [4.78, 5) is 6.96. The zero-order chi connectivity index (χ0) is 23.9. The van der Waals surface area contributed by atoms with E-state index in [9.17, 15) is 0 Å². The Morgan fingerprint density at radius 2 is 1.28 bits per heavy atom. The normalized spacial score (nSPS) is 11.8. The van der Waals surface area contributed by atoms with Gasteiger partial charge >= 0.3 is 0 Å².